The van der Waals surface area contributed by atoms with Gasteiger partial charge in [0.1, 0.15) is 16.5 Å². The molecule has 1 saturated heterocycles. The maximum absolute atomic E-state index is 13.3. The van der Waals surface area contributed by atoms with Gasteiger partial charge in [0.05, 0.1) is 13.2 Å². The van der Waals surface area contributed by atoms with Crippen LogP contribution in [0.5, 0.6) is 5.75 Å². The highest BCUT2D eigenvalue weighted by atomic mass is 32.2. The molecular weight excluding hydrogens is 407 g/mol. The van der Waals surface area contributed by atoms with E-state index in [1.807, 2.05) is 0 Å². The Morgan fingerprint density at radius 3 is 2.43 bits per heavy atom. The van der Waals surface area contributed by atoms with Crippen LogP contribution < -0.4 is 4.74 Å². The van der Waals surface area contributed by atoms with E-state index in [0.29, 0.717) is 19.6 Å². The van der Waals surface area contributed by atoms with Crippen LogP contribution in [0.15, 0.2) is 47.4 Å². The zero-order valence-electron chi connectivity index (χ0n) is 17.5. The first-order chi connectivity index (χ1) is 14.3. The summed E-state index contributed by atoms with van der Waals surface area (Å²) >= 11 is 0. The molecule has 0 spiro atoms. The lowest BCUT2D eigenvalue weighted by atomic mass is 10.0. The molecule has 0 bridgehead atoms. The number of nitrogens with zero attached hydrogens (tertiary/aromatic N) is 2. The van der Waals surface area contributed by atoms with Crippen LogP contribution >= 0.6 is 0 Å². The van der Waals surface area contributed by atoms with Crippen molar-refractivity contribution in [3.63, 3.8) is 0 Å². The first-order valence-corrected chi connectivity index (χ1v) is 11.5. The maximum atomic E-state index is 13.3. The maximum Gasteiger partial charge on any atom is 0.254 e. The second-order valence-corrected chi connectivity index (χ2v) is 9.07. The molecule has 1 heterocycles. The summed E-state index contributed by atoms with van der Waals surface area (Å²) in [5, 5.41) is 0. The van der Waals surface area contributed by atoms with E-state index in [9.17, 15) is 17.6 Å². The molecule has 0 aromatic heterocycles. The Kier molecular flexibility index (Phi) is 6.77. The van der Waals surface area contributed by atoms with Crippen LogP contribution in [-0.4, -0.2) is 50.3 Å². The van der Waals surface area contributed by atoms with Crippen molar-refractivity contribution in [3.8, 4) is 5.75 Å². The lowest BCUT2D eigenvalue weighted by Crippen LogP contribution is -2.32. The van der Waals surface area contributed by atoms with E-state index in [1.165, 1.54) is 35.7 Å². The first-order valence-electron chi connectivity index (χ1n) is 10.1. The lowest BCUT2D eigenvalue weighted by molar-refractivity contribution is 0.0735. The number of ether oxygens (including phenoxy) is 1. The summed E-state index contributed by atoms with van der Waals surface area (Å²) in [5.74, 6) is -0.369. The second kappa shape index (κ2) is 9.14. The topological polar surface area (TPSA) is 66.9 Å². The minimum absolute atomic E-state index is 0.0166. The van der Waals surface area contributed by atoms with Gasteiger partial charge in [0.2, 0.25) is 10.0 Å². The summed E-state index contributed by atoms with van der Waals surface area (Å²) in [6, 6.07) is 10.5. The number of benzene rings is 2. The number of hydrogen-bond acceptors (Lipinski definition) is 4. The molecule has 0 saturated carbocycles. The highest BCUT2D eigenvalue weighted by Gasteiger charge is 2.32. The molecule has 1 amide bonds. The van der Waals surface area contributed by atoms with E-state index in [2.05, 4.69) is 0 Å². The van der Waals surface area contributed by atoms with Gasteiger partial charge in [-0.15, -0.1) is 0 Å². The van der Waals surface area contributed by atoms with Gasteiger partial charge in [-0.25, -0.2) is 12.8 Å². The number of carbonyl (C=O) groups is 1. The Bertz CT molecular complexity index is 1000. The summed E-state index contributed by atoms with van der Waals surface area (Å²) in [6.45, 7) is 4.73. The van der Waals surface area contributed by atoms with Gasteiger partial charge in [-0.05, 0) is 48.7 Å². The molecule has 2 aromatic rings. The number of hydrogen-bond donors (Lipinski definition) is 0. The van der Waals surface area contributed by atoms with Gasteiger partial charge in [0, 0.05) is 25.2 Å². The van der Waals surface area contributed by atoms with Crippen LogP contribution in [0.4, 0.5) is 4.39 Å². The third-order valence-corrected chi connectivity index (χ3v) is 7.57. The fourth-order valence-electron chi connectivity index (χ4n) is 3.92. The van der Waals surface area contributed by atoms with Crippen molar-refractivity contribution in [1.29, 1.82) is 0 Å². The van der Waals surface area contributed by atoms with Gasteiger partial charge in [-0.3, -0.25) is 4.79 Å². The van der Waals surface area contributed by atoms with Crippen LogP contribution in [0.2, 0.25) is 0 Å². The number of carbonyl (C=O) groups excluding carboxylic acids is 1. The Hall–Kier alpha value is -2.45. The van der Waals surface area contributed by atoms with Crippen molar-refractivity contribution in [3.05, 3.63) is 59.4 Å². The third-order valence-electron chi connectivity index (χ3n) is 5.50. The number of amides is 1. The minimum atomic E-state index is -3.80. The average molecular weight is 435 g/mol. The van der Waals surface area contributed by atoms with Crippen LogP contribution in [0, 0.1) is 5.82 Å². The zero-order chi connectivity index (χ0) is 21.9. The summed E-state index contributed by atoms with van der Waals surface area (Å²) in [4.78, 5) is 15.0. The van der Waals surface area contributed by atoms with Gasteiger partial charge >= 0.3 is 0 Å². The molecule has 1 unspecified atom stereocenters. The average Bonchev–Trinajstić information content (AvgIpc) is 3.23. The summed E-state index contributed by atoms with van der Waals surface area (Å²) in [7, 11) is -2.39. The van der Waals surface area contributed by atoms with E-state index >= 15 is 0 Å². The monoisotopic (exact) mass is 434 g/mol. The molecule has 0 radical (unpaired) electrons. The molecule has 0 aliphatic carbocycles. The number of sulfonamides is 1. The van der Waals surface area contributed by atoms with Gasteiger partial charge in [-0.1, -0.05) is 26.0 Å². The first kappa shape index (κ1) is 22.2. The molecule has 8 heteroatoms. The predicted octanol–water partition coefficient (Wildman–Crippen LogP) is 3.84. The van der Waals surface area contributed by atoms with Crippen LogP contribution in [0.1, 0.15) is 48.7 Å². The Morgan fingerprint density at radius 2 is 1.83 bits per heavy atom. The van der Waals surface area contributed by atoms with Gasteiger partial charge in [-0.2, -0.15) is 4.31 Å². The summed E-state index contributed by atoms with van der Waals surface area (Å²) in [6.07, 6.45) is 1.60. The molecule has 3 rings (SSSR count). The highest BCUT2D eigenvalue weighted by molar-refractivity contribution is 7.89. The number of rotatable bonds is 7. The number of halogens is 1. The normalized spacial score (nSPS) is 16.8. The van der Waals surface area contributed by atoms with Gasteiger partial charge < -0.3 is 9.64 Å². The molecule has 0 N–H and O–H groups in total. The van der Waals surface area contributed by atoms with Crippen LogP contribution in [-0.2, 0) is 10.0 Å². The molecule has 2 aromatic carbocycles. The summed E-state index contributed by atoms with van der Waals surface area (Å²) in [5.41, 5.74) is 1.15. The quantitative estimate of drug-likeness (QED) is 0.664. The molecule has 6 nitrogen and oxygen atoms in total. The molecule has 30 heavy (non-hydrogen) atoms. The van der Waals surface area contributed by atoms with Crippen molar-refractivity contribution in [1.82, 2.24) is 9.21 Å². The number of likely N-dealkylation sites (tertiary alicyclic amines) is 1. The van der Waals surface area contributed by atoms with E-state index in [1.54, 1.807) is 36.9 Å². The molecule has 1 atom stereocenters. The Labute approximate surface area is 177 Å². The van der Waals surface area contributed by atoms with E-state index in [0.717, 1.165) is 18.4 Å². The molecular formula is C22H27FN2O4S. The van der Waals surface area contributed by atoms with Gasteiger partial charge in [0.15, 0.2) is 0 Å². The molecule has 1 aliphatic rings. The largest absolute Gasteiger partial charge is 0.495 e. The fraction of sp³-hybridized carbons (Fsp3) is 0.409. The predicted molar refractivity (Wildman–Crippen MR) is 113 cm³/mol. The van der Waals surface area contributed by atoms with Crippen molar-refractivity contribution >= 4 is 15.9 Å². The molecule has 1 fully saturated rings. The SMILES string of the molecule is CCN(CC)S(=O)(=O)c1cc(C(=O)N2CCCC2c2ccc(F)cc2)ccc1OC. The summed E-state index contributed by atoms with van der Waals surface area (Å²) < 4.78 is 46.0. The van der Waals surface area contributed by atoms with Crippen molar-refractivity contribution < 1.29 is 22.3 Å². The van der Waals surface area contributed by atoms with Crippen molar-refractivity contribution in [2.75, 3.05) is 26.7 Å². The van der Waals surface area contributed by atoms with E-state index < -0.39 is 10.0 Å². The smallest absolute Gasteiger partial charge is 0.254 e. The third kappa shape index (κ3) is 4.20. The van der Waals surface area contributed by atoms with E-state index in [4.69, 9.17) is 4.74 Å². The van der Waals surface area contributed by atoms with E-state index in [-0.39, 0.29) is 34.0 Å². The van der Waals surface area contributed by atoms with Gasteiger partial charge in [0.25, 0.3) is 5.91 Å². The lowest BCUT2D eigenvalue weighted by Gasteiger charge is -2.26. The van der Waals surface area contributed by atoms with Crippen molar-refractivity contribution in [2.24, 2.45) is 0 Å². The molecule has 1 aliphatic heterocycles. The Morgan fingerprint density at radius 1 is 1.17 bits per heavy atom. The standard InChI is InChI=1S/C22H27FN2O4S/c1-4-24(5-2)30(27,28)21-15-17(10-13-20(21)29-3)22(26)25-14-6-7-19(25)16-8-11-18(23)12-9-16/h8-13,15,19H,4-7,14H2,1-3H3. The minimum Gasteiger partial charge on any atom is -0.495 e. The van der Waals surface area contributed by atoms with Crippen molar-refractivity contribution in [2.45, 2.75) is 37.6 Å². The Balaban J connectivity index is 1.97. The van der Waals surface area contributed by atoms with Crippen LogP contribution in [0.25, 0.3) is 0 Å². The van der Waals surface area contributed by atoms with Crippen LogP contribution in [0.3, 0.4) is 0 Å². The second-order valence-electron chi connectivity index (χ2n) is 7.16. The highest BCUT2D eigenvalue weighted by Crippen LogP contribution is 2.35. The number of methoxy groups -OCH3 is 1. The zero-order valence-corrected chi connectivity index (χ0v) is 18.3. The molecule has 162 valence electrons. The fourth-order valence-corrected chi connectivity index (χ4v) is 5.56.